The smallest absolute Gasteiger partial charge is 0.339 e. The second kappa shape index (κ2) is 11.5. The number of nitriles is 1. The second-order valence-electron chi connectivity index (χ2n) is 8.09. The SMILES string of the molecule is N#CCCN1CCN(C(=O)Cn2c(CCCC(F)(F)F)nc(-c3ccc(Cl)cc3)cc2=O)CC1. The van der Waals surface area contributed by atoms with Gasteiger partial charge < -0.3 is 4.90 Å². The molecular formula is C23H25ClF3N5O2. The van der Waals surface area contributed by atoms with Crippen LogP contribution < -0.4 is 5.56 Å². The van der Waals surface area contributed by atoms with Gasteiger partial charge in [0.15, 0.2) is 0 Å². The quantitative estimate of drug-likeness (QED) is 0.560. The predicted molar refractivity (Wildman–Crippen MR) is 121 cm³/mol. The van der Waals surface area contributed by atoms with Crippen LogP contribution >= 0.6 is 11.6 Å². The third kappa shape index (κ3) is 7.30. The monoisotopic (exact) mass is 495 g/mol. The summed E-state index contributed by atoms with van der Waals surface area (Å²) in [6.45, 7) is 2.50. The van der Waals surface area contributed by atoms with Crippen molar-refractivity contribution < 1.29 is 18.0 Å². The molecule has 1 fully saturated rings. The number of aryl methyl sites for hydroxylation is 1. The van der Waals surface area contributed by atoms with Crippen LogP contribution in [-0.4, -0.2) is 64.2 Å². The van der Waals surface area contributed by atoms with Crippen LogP contribution in [0.4, 0.5) is 13.2 Å². The standard InChI is InChI=1S/C23H25ClF3N5O2/c24-18-6-4-17(5-7-18)19-15-21(33)32(20(29-19)3-1-8-23(25,26)27)16-22(34)31-13-11-30(12-14-31)10-2-9-28/h4-7,15H,1-3,8,10-14,16H2. The minimum Gasteiger partial charge on any atom is -0.339 e. The molecule has 3 rings (SSSR count). The Bertz CT molecular complexity index is 1090. The normalized spacial score (nSPS) is 14.7. The molecular weight excluding hydrogens is 471 g/mol. The molecule has 0 radical (unpaired) electrons. The van der Waals surface area contributed by atoms with Gasteiger partial charge in [-0.25, -0.2) is 4.98 Å². The first-order chi connectivity index (χ1) is 16.2. The minimum atomic E-state index is -4.32. The summed E-state index contributed by atoms with van der Waals surface area (Å²) in [7, 11) is 0. The molecule has 1 amide bonds. The average molecular weight is 496 g/mol. The molecule has 182 valence electrons. The van der Waals surface area contributed by atoms with Crippen molar-refractivity contribution in [3.63, 3.8) is 0 Å². The molecule has 0 bridgehead atoms. The van der Waals surface area contributed by atoms with Crippen molar-refractivity contribution in [2.45, 2.75) is 38.4 Å². The lowest BCUT2D eigenvalue weighted by molar-refractivity contribution is -0.136. The van der Waals surface area contributed by atoms with Gasteiger partial charge in [0.25, 0.3) is 5.56 Å². The number of alkyl halides is 3. The highest BCUT2D eigenvalue weighted by molar-refractivity contribution is 6.30. The van der Waals surface area contributed by atoms with Gasteiger partial charge in [0.1, 0.15) is 12.4 Å². The van der Waals surface area contributed by atoms with Gasteiger partial charge in [-0.2, -0.15) is 18.4 Å². The largest absolute Gasteiger partial charge is 0.389 e. The number of halogens is 4. The fourth-order valence-electron chi connectivity index (χ4n) is 3.79. The molecule has 2 heterocycles. The first-order valence-electron chi connectivity index (χ1n) is 11.0. The molecule has 0 aliphatic carbocycles. The van der Waals surface area contributed by atoms with Gasteiger partial charge in [-0.05, 0) is 18.6 Å². The molecule has 0 atom stereocenters. The van der Waals surface area contributed by atoms with Crippen molar-refractivity contribution in [3.8, 4) is 17.3 Å². The van der Waals surface area contributed by atoms with E-state index >= 15 is 0 Å². The van der Waals surface area contributed by atoms with Crippen LogP contribution in [0.3, 0.4) is 0 Å². The summed E-state index contributed by atoms with van der Waals surface area (Å²) in [5.41, 5.74) is 0.423. The van der Waals surface area contributed by atoms with E-state index in [9.17, 15) is 22.8 Å². The number of rotatable bonds is 8. The maximum atomic E-state index is 12.9. The molecule has 1 aliphatic rings. The van der Waals surface area contributed by atoms with Gasteiger partial charge in [-0.3, -0.25) is 19.1 Å². The third-order valence-electron chi connectivity index (χ3n) is 5.65. The van der Waals surface area contributed by atoms with Gasteiger partial charge in [0.2, 0.25) is 5.91 Å². The Kier molecular flexibility index (Phi) is 8.69. The molecule has 2 aromatic rings. The summed E-state index contributed by atoms with van der Waals surface area (Å²) in [5, 5.41) is 9.22. The Morgan fingerprint density at radius 2 is 1.82 bits per heavy atom. The van der Waals surface area contributed by atoms with E-state index in [0.717, 1.165) is 0 Å². The lowest BCUT2D eigenvalue weighted by Gasteiger charge is -2.34. The zero-order valence-electron chi connectivity index (χ0n) is 18.5. The Hall–Kier alpha value is -2.90. The molecule has 1 saturated heterocycles. The van der Waals surface area contributed by atoms with Crippen LogP contribution in [0.15, 0.2) is 35.1 Å². The number of hydrogen-bond acceptors (Lipinski definition) is 5. The van der Waals surface area contributed by atoms with Gasteiger partial charge in [0.05, 0.1) is 11.8 Å². The van der Waals surface area contributed by atoms with Crippen molar-refractivity contribution in [3.05, 3.63) is 51.5 Å². The predicted octanol–water partition coefficient (Wildman–Crippen LogP) is 3.51. The second-order valence-corrected chi connectivity index (χ2v) is 8.52. The molecule has 0 saturated carbocycles. The molecule has 0 N–H and O–H groups in total. The minimum absolute atomic E-state index is 0.0919. The summed E-state index contributed by atoms with van der Waals surface area (Å²) in [4.78, 5) is 34.0. The molecule has 34 heavy (non-hydrogen) atoms. The van der Waals surface area contributed by atoms with Crippen molar-refractivity contribution in [2.24, 2.45) is 0 Å². The van der Waals surface area contributed by atoms with Gasteiger partial charge >= 0.3 is 6.18 Å². The van der Waals surface area contributed by atoms with E-state index in [2.05, 4.69) is 16.0 Å². The number of hydrogen-bond donors (Lipinski definition) is 0. The number of carbonyl (C=O) groups is 1. The van der Waals surface area contributed by atoms with Crippen molar-refractivity contribution in [1.29, 1.82) is 5.26 Å². The van der Waals surface area contributed by atoms with Crippen LogP contribution in [0, 0.1) is 11.3 Å². The first-order valence-corrected chi connectivity index (χ1v) is 11.3. The summed E-state index contributed by atoms with van der Waals surface area (Å²) >= 11 is 5.91. The molecule has 7 nitrogen and oxygen atoms in total. The Morgan fingerprint density at radius 3 is 2.44 bits per heavy atom. The maximum absolute atomic E-state index is 12.9. The van der Waals surface area contributed by atoms with E-state index in [1.54, 1.807) is 29.2 Å². The molecule has 1 aromatic heterocycles. The lowest BCUT2D eigenvalue weighted by Crippen LogP contribution is -2.50. The maximum Gasteiger partial charge on any atom is 0.389 e. The van der Waals surface area contributed by atoms with Crippen molar-refractivity contribution >= 4 is 17.5 Å². The number of amides is 1. The fourth-order valence-corrected chi connectivity index (χ4v) is 3.92. The number of aromatic nitrogens is 2. The van der Waals surface area contributed by atoms with E-state index in [1.165, 1.54) is 10.6 Å². The van der Waals surface area contributed by atoms with Crippen molar-refractivity contribution in [2.75, 3.05) is 32.7 Å². The number of carbonyl (C=O) groups excluding carboxylic acids is 1. The molecule has 11 heteroatoms. The van der Waals surface area contributed by atoms with Crippen LogP contribution in [0.5, 0.6) is 0 Å². The van der Waals surface area contributed by atoms with E-state index in [1.807, 2.05) is 0 Å². The third-order valence-corrected chi connectivity index (χ3v) is 5.90. The molecule has 1 aromatic carbocycles. The highest BCUT2D eigenvalue weighted by Crippen LogP contribution is 2.23. The highest BCUT2D eigenvalue weighted by Gasteiger charge is 2.27. The van der Waals surface area contributed by atoms with E-state index < -0.39 is 18.2 Å². The number of piperazine rings is 1. The summed E-state index contributed by atoms with van der Waals surface area (Å²) in [5.74, 6) is -0.150. The van der Waals surface area contributed by atoms with Gasteiger partial charge in [-0.1, -0.05) is 23.7 Å². The van der Waals surface area contributed by atoms with Crippen LogP contribution in [-0.2, 0) is 17.8 Å². The average Bonchev–Trinajstić information content (AvgIpc) is 2.79. The highest BCUT2D eigenvalue weighted by atomic mass is 35.5. The molecule has 0 spiro atoms. The van der Waals surface area contributed by atoms with Crippen molar-refractivity contribution in [1.82, 2.24) is 19.4 Å². The van der Waals surface area contributed by atoms with E-state index in [4.69, 9.17) is 16.9 Å². The van der Waals surface area contributed by atoms with Gasteiger partial charge in [0, 0.05) is 68.6 Å². The Labute approximate surface area is 200 Å². The van der Waals surface area contributed by atoms with Gasteiger partial charge in [-0.15, -0.1) is 0 Å². The Balaban J connectivity index is 1.79. The zero-order chi connectivity index (χ0) is 24.7. The topological polar surface area (TPSA) is 82.2 Å². The number of benzene rings is 1. The molecule has 1 aliphatic heterocycles. The summed E-state index contributed by atoms with van der Waals surface area (Å²) in [6, 6.07) is 9.98. The Morgan fingerprint density at radius 1 is 1.15 bits per heavy atom. The van der Waals surface area contributed by atoms with Crippen LogP contribution in [0.25, 0.3) is 11.3 Å². The summed E-state index contributed by atoms with van der Waals surface area (Å²) in [6.07, 6.45) is -5.25. The molecule has 0 unspecified atom stereocenters. The van der Waals surface area contributed by atoms with Crippen LogP contribution in [0.2, 0.25) is 5.02 Å². The van der Waals surface area contributed by atoms with Crippen LogP contribution in [0.1, 0.15) is 25.1 Å². The number of nitrogens with zero attached hydrogens (tertiary/aromatic N) is 5. The lowest BCUT2D eigenvalue weighted by atomic mass is 10.1. The first kappa shape index (κ1) is 25.7. The zero-order valence-corrected chi connectivity index (χ0v) is 19.3. The summed E-state index contributed by atoms with van der Waals surface area (Å²) < 4.78 is 39.3. The van der Waals surface area contributed by atoms with E-state index in [0.29, 0.717) is 55.4 Å². The van der Waals surface area contributed by atoms with E-state index in [-0.39, 0.29) is 31.1 Å². The fraction of sp³-hybridized carbons (Fsp3) is 0.478.